The predicted molar refractivity (Wildman–Crippen MR) is 66.9 cm³/mol. The Morgan fingerprint density at radius 1 is 1.12 bits per heavy atom. The summed E-state index contributed by atoms with van der Waals surface area (Å²) < 4.78 is 5.58. The quantitative estimate of drug-likeness (QED) is 0.822. The van der Waals surface area contributed by atoms with Crippen LogP contribution in [0.5, 0.6) is 5.75 Å². The molecule has 0 heterocycles. The van der Waals surface area contributed by atoms with Crippen molar-refractivity contribution in [3.05, 3.63) is 64.7 Å². The maximum absolute atomic E-state index is 8.74. The number of rotatable bonds is 3. The van der Waals surface area contributed by atoms with E-state index in [1.807, 2.05) is 36.4 Å². The van der Waals surface area contributed by atoms with E-state index in [0.717, 1.165) is 5.56 Å². The normalized spacial score (nSPS) is 9.65. The third-order valence-corrected chi connectivity index (χ3v) is 2.62. The van der Waals surface area contributed by atoms with Crippen LogP contribution >= 0.6 is 11.6 Å². The van der Waals surface area contributed by atoms with Crippen molar-refractivity contribution in [3.63, 3.8) is 0 Å². The average Bonchev–Trinajstić information content (AvgIpc) is 2.38. The molecule has 2 nitrogen and oxygen atoms in total. The van der Waals surface area contributed by atoms with E-state index in [9.17, 15) is 0 Å². The molecule has 0 N–H and O–H groups in total. The van der Waals surface area contributed by atoms with Gasteiger partial charge in [0.1, 0.15) is 18.4 Å². The molecule has 0 amide bonds. The molecule has 0 aliphatic carbocycles. The van der Waals surface area contributed by atoms with Crippen LogP contribution in [0.25, 0.3) is 0 Å². The summed E-state index contributed by atoms with van der Waals surface area (Å²) in [7, 11) is 0. The van der Waals surface area contributed by atoms with Gasteiger partial charge < -0.3 is 4.74 Å². The lowest BCUT2D eigenvalue weighted by atomic mass is 10.2. The molecular weight excluding hydrogens is 234 g/mol. The highest BCUT2D eigenvalue weighted by molar-refractivity contribution is 6.31. The van der Waals surface area contributed by atoms with Crippen molar-refractivity contribution in [1.29, 1.82) is 5.26 Å². The number of ether oxygens (including phenoxy) is 1. The predicted octanol–water partition coefficient (Wildman–Crippen LogP) is 3.79. The van der Waals surface area contributed by atoms with E-state index in [2.05, 4.69) is 0 Å². The van der Waals surface area contributed by atoms with Crippen molar-refractivity contribution in [3.8, 4) is 11.8 Å². The lowest BCUT2D eigenvalue weighted by Crippen LogP contribution is -1.95. The van der Waals surface area contributed by atoms with Crippen LogP contribution in [0, 0.1) is 11.3 Å². The Labute approximate surface area is 105 Å². The Bertz CT molecular complexity index is 546. The van der Waals surface area contributed by atoms with E-state index in [0.29, 0.717) is 22.9 Å². The number of hydrogen-bond donors (Lipinski definition) is 0. The first kappa shape index (κ1) is 11.5. The van der Waals surface area contributed by atoms with Crippen molar-refractivity contribution < 1.29 is 4.74 Å². The first-order valence-corrected chi connectivity index (χ1v) is 5.54. The first-order chi connectivity index (χ1) is 8.29. The topological polar surface area (TPSA) is 33.0 Å². The van der Waals surface area contributed by atoms with E-state index < -0.39 is 0 Å². The fourth-order valence-corrected chi connectivity index (χ4v) is 1.63. The third kappa shape index (κ3) is 2.99. The van der Waals surface area contributed by atoms with Crippen molar-refractivity contribution in [2.24, 2.45) is 0 Å². The van der Waals surface area contributed by atoms with Crippen LogP contribution < -0.4 is 4.74 Å². The summed E-state index contributed by atoms with van der Waals surface area (Å²) in [6.07, 6.45) is 0. The van der Waals surface area contributed by atoms with Crippen LogP contribution in [0.3, 0.4) is 0 Å². The smallest absolute Gasteiger partial charge is 0.121 e. The van der Waals surface area contributed by atoms with Gasteiger partial charge in [0.05, 0.1) is 10.6 Å². The molecule has 0 saturated carbocycles. The number of nitrogens with zero attached hydrogens (tertiary/aromatic N) is 1. The van der Waals surface area contributed by atoms with Gasteiger partial charge in [-0.15, -0.1) is 0 Å². The third-order valence-electron chi connectivity index (χ3n) is 2.31. The molecule has 2 rings (SSSR count). The largest absolute Gasteiger partial charge is 0.489 e. The van der Waals surface area contributed by atoms with Crippen molar-refractivity contribution in [2.75, 3.05) is 0 Å². The van der Waals surface area contributed by atoms with Gasteiger partial charge in [-0.1, -0.05) is 41.9 Å². The average molecular weight is 244 g/mol. The molecule has 0 atom stereocenters. The monoisotopic (exact) mass is 243 g/mol. The molecule has 0 bridgehead atoms. The summed E-state index contributed by atoms with van der Waals surface area (Å²) in [5.41, 5.74) is 1.55. The molecule has 0 saturated heterocycles. The van der Waals surface area contributed by atoms with Crippen LogP contribution in [0.2, 0.25) is 5.02 Å². The molecule has 2 aromatic carbocycles. The second-order valence-corrected chi connectivity index (χ2v) is 3.93. The Balaban J connectivity index is 2.06. The summed E-state index contributed by atoms with van der Waals surface area (Å²) in [4.78, 5) is 0. The van der Waals surface area contributed by atoms with E-state index >= 15 is 0 Å². The van der Waals surface area contributed by atoms with Crippen molar-refractivity contribution >= 4 is 11.6 Å². The van der Waals surface area contributed by atoms with Crippen LogP contribution in [0.4, 0.5) is 0 Å². The fraction of sp³-hybridized carbons (Fsp3) is 0.0714. The second-order valence-electron chi connectivity index (χ2n) is 3.53. The zero-order valence-corrected chi connectivity index (χ0v) is 9.82. The Morgan fingerprint density at radius 2 is 1.88 bits per heavy atom. The Morgan fingerprint density at radius 3 is 2.53 bits per heavy atom. The van der Waals surface area contributed by atoms with Crippen molar-refractivity contribution in [1.82, 2.24) is 0 Å². The molecule has 17 heavy (non-hydrogen) atoms. The Hall–Kier alpha value is -1.98. The van der Waals surface area contributed by atoms with Gasteiger partial charge in [-0.2, -0.15) is 5.26 Å². The summed E-state index contributed by atoms with van der Waals surface area (Å²) in [5.74, 6) is 0.665. The van der Waals surface area contributed by atoms with Gasteiger partial charge in [0.15, 0.2) is 0 Å². The van der Waals surface area contributed by atoms with E-state index in [4.69, 9.17) is 21.6 Å². The van der Waals surface area contributed by atoms with Crippen LogP contribution in [0.15, 0.2) is 48.5 Å². The summed E-state index contributed by atoms with van der Waals surface area (Å²) in [6, 6.07) is 16.9. The van der Waals surface area contributed by atoms with Crippen molar-refractivity contribution in [2.45, 2.75) is 6.61 Å². The van der Waals surface area contributed by atoms with Crippen LogP contribution in [-0.4, -0.2) is 0 Å². The number of nitriles is 1. The first-order valence-electron chi connectivity index (χ1n) is 5.16. The standard InChI is InChI=1S/C14H10ClNO/c15-14-8-13(7-6-12(14)9-16)17-10-11-4-2-1-3-5-11/h1-8H,10H2. The molecule has 3 heteroatoms. The highest BCUT2D eigenvalue weighted by Gasteiger charge is 2.01. The molecule has 0 fully saturated rings. The van der Waals surface area contributed by atoms with E-state index in [1.54, 1.807) is 18.2 Å². The fourth-order valence-electron chi connectivity index (χ4n) is 1.42. The molecule has 0 aliphatic rings. The van der Waals surface area contributed by atoms with Gasteiger partial charge in [0, 0.05) is 6.07 Å². The van der Waals surface area contributed by atoms with Gasteiger partial charge >= 0.3 is 0 Å². The zero-order chi connectivity index (χ0) is 12.1. The molecule has 0 aromatic heterocycles. The highest BCUT2D eigenvalue weighted by Crippen LogP contribution is 2.22. The van der Waals surface area contributed by atoms with Gasteiger partial charge in [-0.25, -0.2) is 0 Å². The van der Waals surface area contributed by atoms with Gasteiger partial charge in [-0.05, 0) is 17.7 Å². The van der Waals surface area contributed by atoms with Crippen LogP contribution in [0.1, 0.15) is 11.1 Å². The Kier molecular flexibility index (Phi) is 3.64. The molecular formula is C14H10ClNO. The summed E-state index contributed by atoms with van der Waals surface area (Å²) in [5, 5.41) is 9.16. The summed E-state index contributed by atoms with van der Waals surface area (Å²) >= 11 is 5.91. The van der Waals surface area contributed by atoms with Gasteiger partial charge in [-0.3, -0.25) is 0 Å². The SMILES string of the molecule is N#Cc1ccc(OCc2ccccc2)cc1Cl. The molecule has 84 valence electrons. The lowest BCUT2D eigenvalue weighted by Gasteiger charge is -2.06. The van der Waals surface area contributed by atoms with Gasteiger partial charge in [0.2, 0.25) is 0 Å². The second kappa shape index (κ2) is 5.38. The minimum atomic E-state index is 0.415. The number of benzene rings is 2. The molecule has 2 aromatic rings. The molecule has 0 unspecified atom stereocenters. The minimum absolute atomic E-state index is 0.415. The maximum atomic E-state index is 8.74. The lowest BCUT2D eigenvalue weighted by molar-refractivity contribution is 0.306. The molecule has 0 aliphatic heterocycles. The number of halogens is 1. The minimum Gasteiger partial charge on any atom is -0.489 e. The van der Waals surface area contributed by atoms with E-state index in [1.165, 1.54) is 0 Å². The summed E-state index contributed by atoms with van der Waals surface area (Å²) in [6.45, 7) is 0.489. The maximum Gasteiger partial charge on any atom is 0.121 e. The van der Waals surface area contributed by atoms with Gasteiger partial charge in [0.25, 0.3) is 0 Å². The molecule has 0 radical (unpaired) electrons. The van der Waals surface area contributed by atoms with E-state index in [-0.39, 0.29) is 0 Å². The van der Waals surface area contributed by atoms with Crippen LogP contribution in [-0.2, 0) is 6.61 Å². The molecule has 0 spiro atoms. The zero-order valence-electron chi connectivity index (χ0n) is 9.06. The highest BCUT2D eigenvalue weighted by atomic mass is 35.5. The number of hydrogen-bond acceptors (Lipinski definition) is 2.